The molecule has 4 heteroatoms. The van der Waals surface area contributed by atoms with Crippen LogP contribution in [-0.4, -0.2) is 9.55 Å². The smallest absolute Gasteiger partial charge is 0.262 e. The Morgan fingerprint density at radius 1 is 0.964 bits per heavy atom. The van der Waals surface area contributed by atoms with E-state index in [1.807, 2.05) is 47.0 Å². The number of hydrogen-bond donors (Lipinski definition) is 0. The fraction of sp³-hybridized carbons (Fsp3) is 0.167. The number of aryl methyl sites for hydroxylation is 1. The number of thioether (sulfide) groups is 1. The highest BCUT2D eigenvalue weighted by Crippen LogP contribution is 2.27. The van der Waals surface area contributed by atoms with Crippen molar-refractivity contribution in [3.8, 4) is 0 Å². The number of fused-ring (bicyclic) bond motifs is 1. The summed E-state index contributed by atoms with van der Waals surface area (Å²) in [4.78, 5) is 18.2. The van der Waals surface area contributed by atoms with E-state index in [4.69, 9.17) is 4.98 Å². The lowest BCUT2D eigenvalue weighted by Crippen LogP contribution is -2.27. The molecule has 0 aliphatic carbocycles. The minimum absolute atomic E-state index is 0.00805. The molecule has 0 N–H and O–H groups in total. The standard InChI is InChI=1S/C24H22N2OS/c1-17-9-8-10-19(15-17)16-28-24-25-22-14-7-6-13-21(22)23(27)26(24)18(2)20-11-4-3-5-12-20/h3-15,18H,16H2,1-2H3/t18-/m0/s1. The molecule has 0 spiro atoms. The number of benzene rings is 3. The molecule has 0 saturated carbocycles. The van der Waals surface area contributed by atoms with Crippen molar-refractivity contribution in [3.05, 3.63) is 106 Å². The number of hydrogen-bond acceptors (Lipinski definition) is 3. The second kappa shape index (κ2) is 8.03. The molecule has 0 radical (unpaired) electrons. The first-order chi connectivity index (χ1) is 13.6. The summed E-state index contributed by atoms with van der Waals surface area (Å²) in [6, 6.07) is 26.1. The Kier molecular flexibility index (Phi) is 5.31. The second-order valence-electron chi connectivity index (χ2n) is 6.95. The number of rotatable bonds is 5. The van der Waals surface area contributed by atoms with Gasteiger partial charge in [0.15, 0.2) is 5.16 Å². The fourth-order valence-corrected chi connectivity index (χ4v) is 4.42. The molecule has 1 atom stereocenters. The molecule has 3 nitrogen and oxygen atoms in total. The van der Waals surface area contributed by atoms with Crippen molar-refractivity contribution in [1.29, 1.82) is 0 Å². The highest BCUT2D eigenvalue weighted by atomic mass is 32.2. The van der Waals surface area contributed by atoms with Gasteiger partial charge in [-0.15, -0.1) is 0 Å². The monoisotopic (exact) mass is 386 g/mol. The van der Waals surface area contributed by atoms with Crippen LogP contribution in [0.3, 0.4) is 0 Å². The number of para-hydroxylation sites is 1. The van der Waals surface area contributed by atoms with Crippen LogP contribution in [0, 0.1) is 6.92 Å². The van der Waals surface area contributed by atoms with E-state index < -0.39 is 0 Å². The first kappa shape index (κ1) is 18.5. The number of aromatic nitrogens is 2. The first-order valence-electron chi connectivity index (χ1n) is 9.38. The Labute approximate surface area is 169 Å². The normalized spacial score (nSPS) is 12.2. The van der Waals surface area contributed by atoms with E-state index in [1.165, 1.54) is 11.1 Å². The molecular formula is C24H22N2OS. The average Bonchev–Trinajstić information content (AvgIpc) is 2.73. The molecule has 4 rings (SSSR count). The van der Waals surface area contributed by atoms with Crippen LogP contribution in [0.25, 0.3) is 10.9 Å². The van der Waals surface area contributed by atoms with Gasteiger partial charge in [0, 0.05) is 5.75 Å². The van der Waals surface area contributed by atoms with Crippen LogP contribution in [0.4, 0.5) is 0 Å². The highest BCUT2D eigenvalue weighted by molar-refractivity contribution is 7.98. The minimum Gasteiger partial charge on any atom is -0.280 e. The van der Waals surface area contributed by atoms with E-state index in [-0.39, 0.29) is 11.6 Å². The molecule has 0 saturated heterocycles. The quantitative estimate of drug-likeness (QED) is 0.330. The molecule has 1 aromatic heterocycles. The van der Waals surface area contributed by atoms with Crippen LogP contribution >= 0.6 is 11.8 Å². The maximum Gasteiger partial charge on any atom is 0.262 e. The Morgan fingerprint density at radius 2 is 1.71 bits per heavy atom. The van der Waals surface area contributed by atoms with Gasteiger partial charge in [-0.25, -0.2) is 4.98 Å². The molecule has 3 aromatic carbocycles. The zero-order valence-corrected chi connectivity index (χ0v) is 16.8. The van der Waals surface area contributed by atoms with Crippen LogP contribution in [0.1, 0.15) is 29.7 Å². The molecule has 28 heavy (non-hydrogen) atoms. The zero-order valence-electron chi connectivity index (χ0n) is 16.0. The Hall–Kier alpha value is -2.85. The molecule has 4 aromatic rings. The van der Waals surface area contributed by atoms with E-state index in [0.29, 0.717) is 5.39 Å². The van der Waals surface area contributed by atoms with Crippen molar-refractivity contribution in [3.63, 3.8) is 0 Å². The summed E-state index contributed by atoms with van der Waals surface area (Å²) < 4.78 is 1.83. The van der Waals surface area contributed by atoms with Gasteiger partial charge in [-0.1, -0.05) is 84.1 Å². The molecule has 140 valence electrons. The third-order valence-electron chi connectivity index (χ3n) is 4.90. The van der Waals surface area contributed by atoms with E-state index in [1.54, 1.807) is 11.8 Å². The van der Waals surface area contributed by atoms with Gasteiger partial charge in [0.05, 0.1) is 16.9 Å². The van der Waals surface area contributed by atoms with Crippen molar-refractivity contribution < 1.29 is 0 Å². The Balaban J connectivity index is 1.80. The lowest BCUT2D eigenvalue weighted by molar-refractivity contribution is 0.548. The molecule has 0 amide bonds. The van der Waals surface area contributed by atoms with Crippen molar-refractivity contribution in [2.45, 2.75) is 30.8 Å². The summed E-state index contributed by atoms with van der Waals surface area (Å²) in [7, 11) is 0. The van der Waals surface area contributed by atoms with Gasteiger partial charge in [-0.05, 0) is 37.1 Å². The van der Waals surface area contributed by atoms with Crippen molar-refractivity contribution in [1.82, 2.24) is 9.55 Å². The van der Waals surface area contributed by atoms with Gasteiger partial charge in [-0.3, -0.25) is 9.36 Å². The fourth-order valence-electron chi connectivity index (χ4n) is 3.40. The first-order valence-corrected chi connectivity index (χ1v) is 10.4. The largest absolute Gasteiger partial charge is 0.280 e. The molecule has 0 aliphatic heterocycles. The van der Waals surface area contributed by atoms with Crippen LogP contribution in [0.2, 0.25) is 0 Å². The van der Waals surface area contributed by atoms with E-state index >= 15 is 0 Å². The summed E-state index contributed by atoms with van der Waals surface area (Å²) in [5.41, 5.74) is 4.31. The Bertz CT molecular complexity index is 1170. The lowest BCUT2D eigenvalue weighted by Gasteiger charge is -2.20. The summed E-state index contributed by atoms with van der Waals surface area (Å²) in [5.74, 6) is 0.772. The van der Waals surface area contributed by atoms with Gasteiger partial charge in [0.2, 0.25) is 0 Å². The van der Waals surface area contributed by atoms with Crippen LogP contribution in [0.5, 0.6) is 0 Å². The molecule has 0 bridgehead atoms. The van der Waals surface area contributed by atoms with E-state index in [0.717, 1.165) is 22.0 Å². The average molecular weight is 387 g/mol. The maximum absolute atomic E-state index is 13.3. The molecule has 0 fully saturated rings. The Morgan fingerprint density at radius 3 is 2.50 bits per heavy atom. The summed E-state index contributed by atoms with van der Waals surface area (Å²) in [5, 5.41) is 1.41. The van der Waals surface area contributed by atoms with Gasteiger partial charge in [-0.2, -0.15) is 0 Å². The minimum atomic E-state index is -0.0918. The third-order valence-corrected chi connectivity index (χ3v) is 5.92. The second-order valence-corrected chi connectivity index (χ2v) is 7.89. The highest BCUT2D eigenvalue weighted by Gasteiger charge is 2.18. The van der Waals surface area contributed by atoms with Gasteiger partial charge >= 0.3 is 0 Å². The summed E-state index contributed by atoms with van der Waals surface area (Å²) in [6.07, 6.45) is 0. The van der Waals surface area contributed by atoms with E-state index in [9.17, 15) is 4.79 Å². The summed E-state index contributed by atoms with van der Waals surface area (Å²) >= 11 is 1.61. The predicted molar refractivity (Wildman–Crippen MR) is 117 cm³/mol. The predicted octanol–water partition coefficient (Wildman–Crippen LogP) is 5.61. The summed E-state index contributed by atoms with van der Waals surface area (Å²) in [6.45, 7) is 4.15. The lowest BCUT2D eigenvalue weighted by atomic mass is 10.1. The molecule has 0 unspecified atom stereocenters. The van der Waals surface area contributed by atoms with Crippen molar-refractivity contribution in [2.75, 3.05) is 0 Å². The third kappa shape index (κ3) is 3.73. The van der Waals surface area contributed by atoms with Crippen LogP contribution in [0.15, 0.2) is 88.8 Å². The van der Waals surface area contributed by atoms with Gasteiger partial charge in [0.25, 0.3) is 5.56 Å². The molecule has 0 aliphatic rings. The SMILES string of the molecule is Cc1cccc(CSc2nc3ccccc3c(=O)n2[C@@H](C)c2ccccc2)c1. The van der Waals surface area contributed by atoms with Crippen LogP contribution in [-0.2, 0) is 5.75 Å². The van der Waals surface area contributed by atoms with Crippen LogP contribution < -0.4 is 5.56 Å². The van der Waals surface area contributed by atoms with Gasteiger partial charge < -0.3 is 0 Å². The topological polar surface area (TPSA) is 34.9 Å². The molecular weight excluding hydrogens is 364 g/mol. The molecule has 1 heterocycles. The number of nitrogens with zero attached hydrogens (tertiary/aromatic N) is 2. The van der Waals surface area contributed by atoms with E-state index in [2.05, 4.69) is 50.2 Å². The van der Waals surface area contributed by atoms with Gasteiger partial charge in [0.1, 0.15) is 0 Å². The maximum atomic E-state index is 13.3. The van der Waals surface area contributed by atoms with Crippen molar-refractivity contribution in [2.24, 2.45) is 0 Å². The zero-order chi connectivity index (χ0) is 19.5. The van der Waals surface area contributed by atoms with Crippen molar-refractivity contribution >= 4 is 22.7 Å².